The minimum absolute atomic E-state index is 0.269. The Bertz CT molecular complexity index is 1220. The third-order valence-electron chi connectivity index (χ3n) is 3.45. The van der Waals surface area contributed by atoms with Crippen molar-refractivity contribution >= 4 is 42.4 Å². The first-order valence-electron chi connectivity index (χ1n) is 7.06. The van der Waals surface area contributed by atoms with Crippen LogP contribution in [0.15, 0.2) is 74.6 Å². The Morgan fingerprint density at radius 3 is 2.00 bits per heavy atom. The van der Waals surface area contributed by atoms with Gasteiger partial charge in [0.1, 0.15) is 0 Å². The molecule has 0 amide bonds. The molecule has 0 fully saturated rings. The molecule has 3 aromatic carbocycles. The predicted octanol–water partition coefficient (Wildman–Crippen LogP) is 3.55. The van der Waals surface area contributed by atoms with Crippen molar-refractivity contribution in [3.63, 3.8) is 0 Å². The minimum atomic E-state index is -4.36. The largest absolute Gasteiger partial charge is 0.294 e. The monoisotopic (exact) mass is 391 g/mol. The molecule has 3 aromatic rings. The maximum absolute atomic E-state index is 11.3. The first kappa shape index (κ1) is 18.1. The van der Waals surface area contributed by atoms with Crippen LogP contribution in [0.4, 0.5) is 11.4 Å². The third-order valence-corrected chi connectivity index (χ3v) is 5.17. The van der Waals surface area contributed by atoms with Gasteiger partial charge in [0.25, 0.3) is 20.2 Å². The molecule has 133 valence electrons. The van der Waals surface area contributed by atoms with Gasteiger partial charge in [0.05, 0.1) is 21.2 Å². The molecule has 26 heavy (non-hydrogen) atoms. The number of hydrogen-bond donors (Lipinski definition) is 2. The van der Waals surface area contributed by atoms with E-state index in [1.54, 1.807) is 12.1 Å². The Morgan fingerprint density at radius 2 is 1.38 bits per heavy atom. The number of azo groups is 1. The van der Waals surface area contributed by atoms with Crippen molar-refractivity contribution in [1.82, 2.24) is 0 Å². The second-order valence-corrected chi connectivity index (χ2v) is 8.06. The lowest BCUT2D eigenvalue weighted by Gasteiger charge is -2.03. The Labute approximate surface area is 149 Å². The highest BCUT2D eigenvalue weighted by atomic mass is 32.2. The van der Waals surface area contributed by atoms with Crippen molar-refractivity contribution in [2.75, 3.05) is 0 Å². The Kier molecular flexibility index (Phi) is 4.59. The molecule has 0 heterocycles. The van der Waals surface area contributed by atoms with Gasteiger partial charge < -0.3 is 0 Å². The molecule has 0 saturated carbocycles. The highest BCUT2D eigenvalue weighted by molar-refractivity contribution is 7.86. The smallest absolute Gasteiger partial charge is 0.282 e. The molecule has 0 aromatic heterocycles. The zero-order valence-electron chi connectivity index (χ0n) is 12.9. The molecule has 0 aliphatic rings. The summed E-state index contributed by atoms with van der Waals surface area (Å²) in [5.74, 6) is 0. The molecule has 0 bridgehead atoms. The van der Waals surface area contributed by atoms with Crippen LogP contribution in [0.1, 0.15) is 0 Å². The average Bonchev–Trinajstić information content (AvgIpc) is 2.58. The lowest BCUT2D eigenvalue weighted by Crippen LogP contribution is -1.97. The fourth-order valence-corrected chi connectivity index (χ4v) is 3.19. The first-order valence-corrected chi connectivity index (χ1v) is 9.94. The van der Waals surface area contributed by atoms with Crippen LogP contribution in [-0.2, 0) is 20.2 Å². The molecule has 0 saturated heterocycles. The fraction of sp³-hybridized carbons (Fsp3) is 0. The van der Waals surface area contributed by atoms with E-state index in [4.69, 9.17) is 4.55 Å². The number of rotatable bonds is 4. The fourth-order valence-electron chi connectivity index (χ4n) is 2.21. The average molecular weight is 391 g/mol. The van der Waals surface area contributed by atoms with Gasteiger partial charge in [0, 0.05) is 5.39 Å². The van der Waals surface area contributed by atoms with Gasteiger partial charge in [-0.05, 0) is 53.9 Å². The van der Waals surface area contributed by atoms with E-state index < -0.39 is 20.2 Å². The molecule has 2 N–H and O–H groups in total. The standard InChI is InChI=1S/C16H11N2O6S2/c19-25(20,21)13-8-5-12(6-9-13)17-18-16-3-1-2-11-4-7-14(10-15(11)16)26(22,23)24/h1,3-10H,(H,19,20,21)(H,22,23,24). The van der Waals surface area contributed by atoms with Gasteiger partial charge in [-0.2, -0.15) is 21.9 Å². The van der Waals surface area contributed by atoms with Gasteiger partial charge in [-0.15, -0.1) is 5.11 Å². The summed E-state index contributed by atoms with van der Waals surface area (Å²) >= 11 is 0. The normalized spacial score (nSPS) is 12.7. The molecule has 0 aliphatic carbocycles. The SMILES string of the molecule is O=S(=O)(O)c1ccc(N=Nc2cc[c]c3ccc(S(=O)(=O)O)cc23)cc1. The molecule has 3 rings (SSSR count). The molecule has 0 spiro atoms. The van der Waals surface area contributed by atoms with E-state index in [1.807, 2.05) is 0 Å². The number of hydrogen-bond acceptors (Lipinski definition) is 6. The summed E-state index contributed by atoms with van der Waals surface area (Å²) < 4.78 is 62.7. The summed E-state index contributed by atoms with van der Waals surface area (Å²) in [7, 11) is -8.65. The van der Waals surface area contributed by atoms with Crippen molar-refractivity contribution in [2.24, 2.45) is 10.2 Å². The Balaban J connectivity index is 2.01. The second-order valence-electron chi connectivity index (χ2n) is 5.21. The highest BCUT2D eigenvalue weighted by Crippen LogP contribution is 2.29. The highest BCUT2D eigenvalue weighted by Gasteiger charge is 2.12. The van der Waals surface area contributed by atoms with Crippen LogP contribution < -0.4 is 0 Å². The van der Waals surface area contributed by atoms with E-state index in [1.165, 1.54) is 42.5 Å². The van der Waals surface area contributed by atoms with Crippen molar-refractivity contribution in [3.05, 3.63) is 60.7 Å². The van der Waals surface area contributed by atoms with Gasteiger partial charge in [0.2, 0.25) is 0 Å². The van der Waals surface area contributed by atoms with Gasteiger partial charge in [0.15, 0.2) is 0 Å². The van der Waals surface area contributed by atoms with E-state index in [2.05, 4.69) is 16.3 Å². The second kappa shape index (κ2) is 6.57. The van der Waals surface area contributed by atoms with Crippen molar-refractivity contribution in [2.45, 2.75) is 9.79 Å². The van der Waals surface area contributed by atoms with Crippen LogP contribution in [0, 0.1) is 6.07 Å². The Morgan fingerprint density at radius 1 is 0.769 bits per heavy atom. The number of nitrogens with zero attached hydrogens (tertiary/aromatic N) is 2. The third kappa shape index (κ3) is 3.94. The molecular formula is C16H11N2O6S2. The summed E-state index contributed by atoms with van der Waals surface area (Å²) in [6, 6.07) is 15.1. The van der Waals surface area contributed by atoms with Crippen LogP contribution >= 0.6 is 0 Å². The minimum Gasteiger partial charge on any atom is -0.282 e. The van der Waals surface area contributed by atoms with Crippen LogP contribution in [-0.4, -0.2) is 25.9 Å². The number of fused-ring (bicyclic) bond motifs is 1. The predicted molar refractivity (Wildman–Crippen MR) is 93.0 cm³/mol. The number of benzene rings is 3. The lowest BCUT2D eigenvalue weighted by atomic mass is 10.1. The molecule has 0 atom stereocenters. The van der Waals surface area contributed by atoms with Gasteiger partial charge in [-0.1, -0.05) is 12.1 Å². The molecule has 0 unspecified atom stereocenters. The lowest BCUT2D eigenvalue weighted by molar-refractivity contribution is 0.481. The molecule has 0 aliphatic heterocycles. The molecule has 8 nitrogen and oxygen atoms in total. The quantitative estimate of drug-likeness (QED) is 0.516. The maximum Gasteiger partial charge on any atom is 0.294 e. The maximum atomic E-state index is 11.3. The van der Waals surface area contributed by atoms with Crippen LogP contribution in [0.2, 0.25) is 0 Å². The zero-order valence-corrected chi connectivity index (χ0v) is 14.6. The van der Waals surface area contributed by atoms with E-state index in [0.29, 0.717) is 22.1 Å². The van der Waals surface area contributed by atoms with Crippen molar-refractivity contribution in [1.29, 1.82) is 0 Å². The first-order chi connectivity index (χ1) is 12.1. The molecule has 10 heteroatoms. The van der Waals surface area contributed by atoms with E-state index in [9.17, 15) is 21.4 Å². The van der Waals surface area contributed by atoms with E-state index in [-0.39, 0.29) is 9.79 Å². The summed E-state index contributed by atoms with van der Waals surface area (Å²) in [5.41, 5.74) is 0.660. The van der Waals surface area contributed by atoms with Crippen LogP contribution in [0.5, 0.6) is 0 Å². The van der Waals surface area contributed by atoms with Crippen LogP contribution in [0.3, 0.4) is 0 Å². The van der Waals surface area contributed by atoms with Crippen LogP contribution in [0.25, 0.3) is 10.8 Å². The van der Waals surface area contributed by atoms with E-state index in [0.717, 1.165) is 0 Å². The molecule has 1 radical (unpaired) electrons. The summed E-state index contributed by atoms with van der Waals surface area (Å²) in [5, 5.41) is 9.00. The van der Waals surface area contributed by atoms with Crippen molar-refractivity contribution in [3.8, 4) is 0 Å². The van der Waals surface area contributed by atoms with Gasteiger partial charge in [-0.25, -0.2) is 0 Å². The van der Waals surface area contributed by atoms with Gasteiger partial charge >= 0.3 is 0 Å². The van der Waals surface area contributed by atoms with Gasteiger partial charge in [-0.3, -0.25) is 9.11 Å². The zero-order chi connectivity index (χ0) is 18.9. The summed E-state index contributed by atoms with van der Waals surface area (Å²) in [4.78, 5) is -0.549. The summed E-state index contributed by atoms with van der Waals surface area (Å²) in [6.45, 7) is 0. The summed E-state index contributed by atoms with van der Waals surface area (Å²) in [6.07, 6.45) is 0. The molecular weight excluding hydrogens is 380 g/mol. The Hall–Kier alpha value is -2.66. The van der Waals surface area contributed by atoms with E-state index >= 15 is 0 Å². The topological polar surface area (TPSA) is 133 Å². The van der Waals surface area contributed by atoms with Crippen molar-refractivity contribution < 1.29 is 25.9 Å².